The number of amides is 1. The van der Waals surface area contributed by atoms with Crippen LogP contribution in [0.15, 0.2) is 0 Å². The minimum atomic E-state index is -0.0822. The Bertz CT molecular complexity index is 235. The molecule has 1 aliphatic heterocycles. The number of nitrogens with zero attached hydrogens (tertiary/aromatic N) is 2. The molecule has 1 rings (SSSR count). The third-order valence-electron chi connectivity index (χ3n) is 2.51. The Balaban J connectivity index is 2.19. The smallest absolute Gasteiger partial charge is 0.224 e. The highest BCUT2D eigenvalue weighted by Crippen LogP contribution is 2.01. The molecule has 0 spiro atoms. The van der Waals surface area contributed by atoms with Crippen LogP contribution < -0.4 is 11.1 Å². The van der Waals surface area contributed by atoms with E-state index in [1.54, 1.807) is 0 Å². The lowest BCUT2D eigenvalue weighted by Crippen LogP contribution is -2.47. The van der Waals surface area contributed by atoms with E-state index < -0.39 is 0 Å². The third kappa shape index (κ3) is 4.16. The Kier molecular flexibility index (Phi) is 4.36. The molecule has 0 radical (unpaired) electrons. The largest absolute Gasteiger partial charge is 0.370 e. The molecule has 0 aromatic carbocycles. The molecule has 86 valence electrons. The first kappa shape index (κ1) is 11.8. The van der Waals surface area contributed by atoms with Gasteiger partial charge in [0.15, 0.2) is 5.96 Å². The molecule has 0 aromatic rings. The van der Waals surface area contributed by atoms with Gasteiger partial charge in [0, 0.05) is 39.1 Å². The Morgan fingerprint density at radius 1 is 1.40 bits per heavy atom. The van der Waals surface area contributed by atoms with Gasteiger partial charge in [-0.25, -0.2) is 0 Å². The van der Waals surface area contributed by atoms with Crippen LogP contribution in [0.25, 0.3) is 0 Å². The van der Waals surface area contributed by atoms with Crippen LogP contribution in [0.5, 0.6) is 0 Å². The van der Waals surface area contributed by atoms with E-state index in [4.69, 9.17) is 11.1 Å². The number of piperazine rings is 1. The van der Waals surface area contributed by atoms with Crippen molar-refractivity contribution >= 4 is 11.9 Å². The number of hydrogen-bond donors (Lipinski definition) is 3. The van der Waals surface area contributed by atoms with Crippen molar-refractivity contribution in [3.8, 4) is 0 Å². The van der Waals surface area contributed by atoms with Crippen molar-refractivity contribution in [1.82, 2.24) is 15.1 Å². The average molecular weight is 213 g/mol. The first-order valence-electron chi connectivity index (χ1n) is 5.14. The van der Waals surface area contributed by atoms with Crippen LogP contribution in [0.1, 0.15) is 6.42 Å². The predicted octanol–water partition coefficient (Wildman–Crippen LogP) is -1.37. The van der Waals surface area contributed by atoms with E-state index in [1.807, 2.05) is 4.90 Å². The van der Waals surface area contributed by atoms with Crippen LogP contribution >= 0.6 is 0 Å². The third-order valence-corrected chi connectivity index (χ3v) is 2.51. The molecule has 0 aliphatic carbocycles. The number of likely N-dealkylation sites (N-methyl/N-ethyl adjacent to an activating group) is 1. The van der Waals surface area contributed by atoms with Crippen molar-refractivity contribution < 1.29 is 4.79 Å². The summed E-state index contributed by atoms with van der Waals surface area (Å²) in [7, 11) is 2.05. The van der Waals surface area contributed by atoms with Gasteiger partial charge in [0.1, 0.15) is 0 Å². The van der Waals surface area contributed by atoms with Crippen molar-refractivity contribution in [2.75, 3.05) is 39.8 Å². The van der Waals surface area contributed by atoms with Crippen LogP contribution in [0.4, 0.5) is 0 Å². The van der Waals surface area contributed by atoms with E-state index in [9.17, 15) is 4.79 Å². The molecule has 1 aliphatic rings. The molecule has 1 amide bonds. The van der Waals surface area contributed by atoms with Crippen LogP contribution in [-0.2, 0) is 4.79 Å². The van der Waals surface area contributed by atoms with E-state index in [1.165, 1.54) is 0 Å². The van der Waals surface area contributed by atoms with Gasteiger partial charge in [-0.2, -0.15) is 0 Å². The second kappa shape index (κ2) is 5.55. The lowest BCUT2D eigenvalue weighted by atomic mass is 10.3. The summed E-state index contributed by atoms with van der Waals surface area (Å²) in [6.45, 7) is 3.92. The molecule has 1 heterocycles. The summed E-state index contributed by atoms with van der Waals surface area (Å²) in [5.74, 6) is 0.0537. The number of guanidine groups is 1. The van der Waals surface area contributed by atoms with Gasteiger partial charge in [-0.3, -0.25) is 10.2 Å². The molecule has 0 unspecified atom stereocenters. The normalized spacial score (nSPS) is 17.5. The number of nitrogens with two attached hydrogens (primary N) is 1. The van der Waals surface area contributed by atoms with E-state index in [-0.39, 0.29) is 11.9 Å². The van der Waals surface area contributed by atoms with Gasteiger partial charge in [-0.05, 0) is 7.05 Å². The minimum absolute atomic E-state index is 0.0822. The summed E-state index contributed by atoms with van der Waals surface area (Å²) in [5, 5.41) is 9.57. The van der Waals surface area contributed by atoms with Gasteiger partial charge in [-0.15, -0.1) is 0 Å². The summed E-state index contributed by atoms with van der Waals surface area (Å²) in [6, 6.07) is 0. The molecular weight excluding hydrogens is 194 g/mol. The summed E-state index contributed by atoms with van der Waals surface area (Å²) in [4.78, 5) is 15.7. The Labute approximate surface area is 89.9 Å². The van der Waals surface area contributed by atoms with Gasteiger partial charge in [0.05, 0.1) is 0 Å². The highest BCUT2D eigenvalue weighted by Gasteiger charge is 2.18. The second-order valence-corrected chi connectivity index (χ2v) is 3.77. The van der Waals surface area contributed by atoms with Gasteiger partial charge < -0.3 is 20.9 Å². The lowest BCUT2D eigenvalue weighted by Gasteiger charge is -2.32. The zero-order valence-electron chi connectivity index (χ0n) is 9.12. The average Bonchev–Trinajstić information content (AvgIpc) is 2.18. The standard InChI is InChI=1S/C9H19N5O/c1-13-4-6-14(7-5-13)8(15)2-3-12-9(10)11/h2-7H2,1H3,(H4,10,11,12). The maximum absolute atomic E-state index is 11.6. The summed E-state index contributed by atoms with van der Waals surface area (Å²) in [5.41, 5.74) is 5.12. The molecule has 6 heteroatoms. The highest BCUT2D eigenvalue weighted by molar-refractivity contribution is 5.78. The number of rotatable bonds is 3. The fourth-order valence-corrected chi connectivity index (χ4v) is 1.52. The van der Waals surface area contributed by atoms with Crippen molar-refractivity contribution in [2.45, 2.75) is 6.42 Å². The molecule has 1 fully saturated rings. The molecule has 0 saturated carbocycles. The van der Waals surface area contributed by atoms with Gasteiger partial charge in [0.25, 0.3) is 0 Å². The molecule has 1 saturated heterocycles. The van der Waals surface area contributed by atoms with Crippen LogP contribution in [-0.4, -0.2) is 61.4 Å². The quantitative estimate of drug-likeness (QED) is 0.399. The fourth-order valence-electron chi connectivity index (χ4n) is 1.52. The number of carbonyl (C=O) groups excluding carboxylic acids is 1. The van der Waals surface area contributed by atoms with E-state index in [2.05, 4.69) is 17.3 Å². The maximum atomic E-state index is 11.6. The van der Waals surface area contributed by atoms with Gasteiger partial charge >= 0.3 is 0 Å². The van der Waals surface area contributed by atoms with Crippen molar-refractivity contribution in [2.24, 2.45) is 5.73 Å². The number of nitrogens with one attached hydrogen (secondary N) is 2. The van der Waals surface area contributed by atoms with Crippen molar-refractivity contribution in [3.05, 3.63) is 0 Å². The monoisotopic (exact) mass is 213 g/mol. The zero-order valence-corrected chi connectivity index (χ0v) is 9.12. The molecule has 15 heavy (non-hydrogen) atoms. The molecule has 0 aromatic heterocycles. The summed E-state index contributed by atoms with van der Waals surface area (Å²) in [6.07, 6.45) is 0.406. The Morgan fingerprint density at radius 3 is 2.53 bits per heavy atom. The van der Waals surface area contributed by atoms with Crippen LogP contribution in [0, 0.1) is 5.41 Å². The summed E-state index contributed by atoms with van der Waals surface area (Å²) >= 11 is 0. The van der Waals surface area contributed by atoms with Crippen molar-refractivity contribution in [1.29, 1.82) is 5.41 Å². The van der Waals surface area contributed by atoms with E-state index in [0.29, 0.717) is 13.0 Å². The fraction of sp³-hybridized carbons (Fsp3) is 0.778. The number of carbonyl (C=O) groups is 1. The van der Waals surface area contributed by atoms with Crippen LogP contribution in [0.2, 0.25) is 0 Å². The second-order valence-electron chi connectivity index (χ2n) is 3.77. The van der Waals surface area contributed by atoms with Crippen molar-refractivity contribution in [3.63, 3.8) is 0 Å². The zero-order chi connectivity index (χ0) is 11.3. The Morgan fingerprint density at radius 2 is 2.00 bits per heavy atom. The molecule has 6 nitrogen and oxygen atoms in total. The molecule has 0 bridgehead atoms. The summed E-state index contributed by atoms with van der Waals surface area (Å²) < 4.78 is 0. The predicted molar refractivity (Wildman–Crippen MR) is 58.6 cm³/mol. The lowest BCUT2D eigenvalue weighted by molar-refractivity contribution is -0.132. The minimum Gasteiger partial charge on any atom is -0.370 e. The Hall–Kier alpha value is -1.30. The van der Waals surface area contributed by atoms with Gasteiger partial charge in [0.2, 0.25) is 5.91 Å². The van der Waals surface area contributed by atoms with Crippen LogP contribution in [0.3, 0.4) is 0 Å². The number of hydrogen-bond acceptors (Lipinski definition) is 3. The first-order valence-corrected chi connectivity index (χ1v) is 5.14. The maximum Gasteiger partial charge on any atom is 0.224 e. The molecule has 4 N–H and O–H groups in total. The van der Waals surface area contributed by atoms with E-state index in [0.717, 1.165) is 26.2 Å². The first-order chi connectivity index (χ1) is 7.09. The van der Waals surface area contributed by atoms with Gasteiger partial charge in [-0.1, -0.05) is 0 Å². The highest BCUT2D eigenvalue weighted by atomic mass is 16.2. The SMILES string of the molecule is CN1CCN(C(=O)CCNC(=N)N)CC1. The molecule has 0 atom stereocenters. The topological polar surface area (TPSA) is 85.5 Å². The molecular formula is C9H19N5O. The van der Waals surface area contributed by atoms with E-state index >= 15 is 0 Å².